The lowest BCUT2D eigenvalue weighted by molar-refractivity contribution is -0.121. The smallest absolute Gasteiger partial charge is 0.243 e. The number of hydrogen-bond acceptors (Lipinski definition) is 3. The molecule has 1 amide bonds. The average Bonchev–Trinajstić information content (AvgIpc) is 2.62. The quantitative estimate of drug-likeness (QED) is 0.791. The number of hydrogen-bond donors (Lipinski definition) is 1. The normalized spacial score (nSPS) is 13.7. The lowest BCUT2D eigenvalue weighted by Gasteiger charge is -2.30. The van der Waals surface area contributed by atoms with Crippen LogP contribution in [0.2, 0.25) is 0 Å². The molecule has 2 rings (SSSR count). The van der Waals surface area contributed by atoms with Gasteiger partial charge in [0.25, 0.3) is 0 Å². The topological polar surface area (TPSA) is 66.5 Å². The van der Waals surface area contributed by atoms with Crippen LogP contribution in [0.3, 0.4) is 0 Å². The van der Waals surface area contributed by atoms with Gasteiger partial charge in [-0.05, 0) is 49.4 Å². The second-order valence-electron chi connectivity index (χ2n) is 7.08. The van der Waals surface area contributed by atoms with Gasteiger partial charge >= 0.3 is 0 Å². The Balaban J connectivity index is 2.19. The summed E-state index contributed by atoms with van der Waals surface area (Å²) in [6, 6.07) is 14.6. The van der Waals surface area contributed by atoms with Crippen molar-refractivity contribution in [1.82, 2.24) is 5.32 Å². The summed E-state index contributed by atoms with van der Waals surface area (Å²) < 4.78 is 26.1. The Kier molecular flexibility index (Phi) is 6.65. The molecule has 27 heavy (non-hydrogen) atoms. The minimum atomic E-state index is -3.62. The SMILES string of the molecule is Cc1ccc(C)c(N([C@@H](C)C(=O)NC[C@H](C)c2ccccc2)S(C)(=O)=O)c1. The van der Waals surface area contributed by atoms with Crippen LogP contribution < -0.4 is 9.62 Å². The molecule has 2 aromatic carbocycles. The Morgan fingerprint density at radius 2 is 1.70 bits per heavy atom. The van der Waals surface area contributed by atoms with E-state index < -0.39 is 16.1 Å². The van der Waals surface area contributed by atoms with Crippen molar-refractivity contribution in [3.05, 3.63) is 65.2 Å². The zero-order valence-corrected chi connectivity index (χ0v) is 17.4. The van der Waals surface area contributed by atoms with Crippen LogP contribution >= 0.6 is 0 Å². The van der Waals surface area contributed by atoms with Crippen molar-refractivity contribution < 1.29 is 13.2 Å². The van der Waals surface area contributed by atoms with Gasteiger partial charge in [0.05, 0.1) is 11.9 Å². The van der Waals surface area contributed by atoms with Crippen LogP contribution in [0.4, 0.5) is 5.69 Å². The fourth-order valence-electron chi connectivity index (χ4n) is 3.04. The molecular weight excluding hydrogens is 360 g/mol. The molecule has 0 fully saturated rings. The Morgan fingerprint density at radius 3 is 2.30 bits per heavy atom. The number of sulfonamides is 1. The molecule has 0 saturated heterocycles. The molecule has 0 unspecified atom stereocenters. The number of anilines is 1. The van der Waals surface area contributed by atoms with Crippen molar-refractivity contribution in [2.75, 3.05) is 17.1 Å². The molecular formula is C21H28N2O3S. The van der Waals surface area contributed by atoms with Crippen LogP contribution in [0.1, 0.15) is 36.5 Å². The average molecular weight is 389 g/mol. The third-order valence-electron chi connectivity index (χ3n) is 4.64. The third-order valence-corrected chi connectivity index (χ3v) is 5.87. The second kappa shape index (κ2) is 8.57. The molecule has 5 nitrogen and oxygen atoms in total. The Morgan fingerprint density at radius 1 is 1.07 bits per heavy atom. The maximum Gasteiger partial charge on any atom is 0.243 e. The Bertz CT molecular complexity index is 895. The lowest BCUT2D eigenvalue weighted by Crippen LogP contribution is -2.48. The zero-order chi connectivity index (χ0) is 20.2. The summed E-state index contributed by atoms with van der Waals surface area (Å²) in [4.78, 5) is 12.7. The van der Waals surface area contributed by atoms with Crippen molar-refractivity contribution in [3.8, 4) is 0 Å². The van der Waals surface area contributed by atoms with Gasteiger partial charge in [-0.3, -0.25) is 9.10 Å². The highest BCUT2D eigenvalue weighted by Gasteiger charge is 2.30. The first-order chi connectivity index (χ1) is 12.6. The van der Waals surface area contributed by atoms with E-state index in [1.54, 1.807) is 13.0 Å². The number of rotatable bonds is 7. The van der Waals surface area contributed by atoms with Crippen molar-refractivity contribution in [3.63, 3.8) is 0 Å². The van der Waals surface area contributed by atoms with Gasteiger partial charge in [-0.15, -0.1) is 0 Å². The molecule has 2 aromatic rings. The fourth-order valence-corrected chi connectivity index (χ4v) is 4.26. The van der Waals surface area contributed by atoms with E-state index in [4.69, 9.17) is 0 Å². The van der Waals surface area contributed by atoms with Gasteiger partial charge in [0.2, 0.25) is 15.9 Å². The molecule has 0 aliphatic rings. The van der Waals surface area contributed by atoms with Gasteiger partial charge in [0, 0.05) is 6.54 Å². The van der Waals surface area contributed by atoms with E-state index in [2.05, 4.69) is 5.32 Å². The second-order valence-corrected chi connectivity index (χ2v) is 8.94. The van der Waals surface area contributed by atoms with Crippen LogP contribution in [0.25, 0.3) is 0 Å². The summed E-state index contributed by atoms with van der Waals surface area (Å²) >= 11 is 0. The van der Waals surface area contributed by atoms with Gasteiger partial charge in [-0.25, -0.2) is 8.42 Å². The first-order valence-electron chi connectivity index (χ1n) is 9.00. The van der Waals surface area contributed by atoms with Gasteiger partial charge in [0.15, 0.2) is 0 Å². The molecule has 0 saturated carbocycles. The first kappa shape index (κ1) is 21.0. The number of aryl methyl sites for hydroxylation is 2. The van der Waals surface area contributed by atoms with Gasteiger partial charge < -0.3 is 5.32 Å². The van der Waals surface area contributed by atoms with Gasteiger partial charge in [-0.2, -0.15) is 0 Å². The van der Waals surface area contributed by atoms with Crippen molar-refractivity contribution in [2.24, 2.45) is 0 Å². The highest BCUT2D eigenvalue weighted by atomic mass is 32.2. The van der Waals surface area contributed by atoms with E-state index in [0.29, 0.717) is 12.2 Å². The highest BCUT2D eigenvalue weighted by Crippen LogP contribution is 2.26. The van der Waals surface area contributed by atoms with E-state index in [9.17, 15) is 13.2 Å². The molecule has 0 radical (unpaired) electrons. The summed E-state index contributed by atoms with van der Waals surface area (Å²) in [6.45, 7) is 7.83. The molecule has 0 aliphatic heterocycles. The molecule has 0 aromatic heterocycles. The summed E-state index contributed by atoms with van der Waals surface area (Å²) in [7, 11) is -3.62. The predicted octanol–water partition coefficient (Wildman–Crippen LogP) is 3.38. The maximum atomic E-state index is 12.7. The monoisotopic (exact) mass is 388 g/mol. The maximum absolute atomic E-state index is 12.7. The Hall–Kier alpha value is -2.34. The minimum absolute atomic E-state index is 0.134. The van der Waals surface area contributed by atoms with Crippen LogP contribution in [0, 0.1) is 13.8 Å². The van der Waals surface area contributed by atoms with Crippen LogP contribution in [0.15, 0.2) is 48.5 Å². The van der Waals surface area contributed by atoms with E-state index >= 15 is 0 Å². The predicted molar refractivity (Wildman–Crippen MR) is 111 cm³/mol. The van der Waals surface area contributed by atoms with Crippen LogP contribution in [-0.4, -0.2) is 33.2 Å². The lowest BCUT2D eigenvalue weighted by atomic mass is 10.0. The molecule has 6 heteroatoms. The van der Waals surface area contributed by atoms with Crippen LogP contribution in [0.5, 0.6) is 0 Å². The zero-order valence-electron chi connectivity index (χ0n) is 16.6. The largest absolute Gasteiger partial charge is 0.354 e. The molecule has 0 bridgehead atoms. The molecule has 0 spiro atoms. The van der Waals surface area contributed by atoms with Crippen molar-refractivity contribution >= 4 is 21.6 Å². The summed E-state index contributed by atoms with van der Waals surface area (Å²) in [6.07, 6.45) is 1.13. The molecule has 0 aliphatic carbocycles. The molecule has 146 valence electrons. The number of carbonyl (C=O) groups is 1. The van der Waals surface area contributed by atoms with Gasteiger partial charge in [0.1, 0.15) is 6.04 Å². The third kappa shape index (κ3) is 5.32. The molecule has 1 N–H and O–H groups in total. The first-order valence-corrected chi connectivity index (χ1v) is 10.9. The summed E-state index contributed by atoms with van der Waals surface area (Å²) in [5.41, 5.74) is 3.41. The Labute approximate surface area is 162 Å². The highest BCUT2D eigenvalue weighted by molar-refractivity contribution is 7.92. The van der Waals surface area contributed by atoms with E-state index in [1.807, 2.05) is 63.2 Å². The fraction of sp³-hybridized carbons (Fsp3) is 0.381. The van der Waals surface area contributed by atoms with Crippen molar-refractivity contribution in [1.29, 1.82) is 0 Å². The standard InChI is InChI=1S/C21H28N2O3S/c1-15-11-12-16(2)20(13-15)23(27(5,25)26)18(4)21(24)22-14-17(3)19-9-7-6-8-10-19/h6-13,17-18H,14H2,1-5H3,(H,22,24)/t17-,18-/m0/s1. The van der Waals surface area contributed by atoms with Crippen LogP contribution in [-0.2, 0) is 14.8 Å². The molecule has 2 atom stereocenters. The number of nitrogens with one attached hydrogen (secondary N) is 1. The number of benzene rings is 2. The van der Waals surface area contributed by atoms with Crippen molar-refractivity contribution in [2.45, 2.75) is 39.7 Å². The number of amides is 1. The van der Waals surface area contributed by atoms with E-state index in [-0.39, 0.29) is 11.8 Å². The number of nitrogens with zero attached hydrogens (tertiary/aromatic N) is 1. The van der Waals surface area contributed by atoms with E-state index in [1.165, 1.54) is 4.31 Å². The molecule has 0 heterocycles. The minimum Gasteiger partial charge on any atom is -0.354 e. The number of carbonyl (C=O) groups excluding carboxylic acids is 1. The van der Waals surface area contributed by atoms with E-state index in [0.717, 1.165) is 22.9 Å². The summed E-state index contributed by atoms with van der Waals surface area (Å²) in [5, 5.41) is 2.89. The van der Waals surface area contributed by atoms with Gasteiger partial charge in [-0.1, -0.05) is 49.4 Å². The summed E-state index contributed by atoms with van der Waals surface area (Å²) in [5.74, 6) is -0.182.